The molecule has 0 fully saturated rings. The number of hydrogen-bond acceptors (Lipinski definition) is 10. The summed E-state index contributed by atoms with van der Waals surface area (Å²) in [6, 6.07) is 32.8. The van der Waals surface area contributed by atoms with Gasteiger partial charge in [0.2, 0.25) is 5.36 Å². The number of carbonyl (C=O) groups excluding carboxylic acids is 2. The second-order valence-corrected chi connectivity index (χ2v) is 16.9. The zero-order chi connectivity index (χ0) is 43.8. The number of rotatable bonds is 15. The number of nitrogens with zero attached hydrogens (tertiary/aromatic N) is 2. The molecule has 0 atom stereocenters. The summed E-state index contributed by atoms with van der Waals surface area (Å²) in [4.78, 5) is 26.0. The highest BCUT2D eigenvalue weighted by atomic mass is 32.3. The minimum atomic E-state index is -6.32. The number of sulfonamides is 2. The number of likely N-dealkylation sites (N-methyl/N-ethyl adjacent to an activating group) is 2. The summed E-state index contributed by atoms with van der Waals surface area (Å²) in [7, 11) is -11.7. The number of nitrogens with one attached hydrogen (secondary N) is 3. The van der Waals surface area contributed by atoms with Crippen molar-refractivity contribution >= 4 is 60.3 Å². The summed E-state index contributed by atoms with van der Waals surface area (Å²) < 4.78 is 111. The van der Waals surface area contributed by atoms with Gasteiger partial charge in [-0.05, 0) is 62.4 Å². The largest absolute Gasteiger partial charge is 0.512 e. The fraction of sp³-hybridized carbons (Fsp3) is 0.214. The molecule has 0 saturated carbocycles. The number of para-hydroxylation sites is 2. The number of alkyl halides is 3. The van der Waals surface area contributed by atoms with Crippen molar-refractivity contribution in [1.29, 1.82) is 0 Å². The highest BCUT2D eigenvalue weighted by Gasteiger charge is 2.48. The molecule has 0 radical (unpaired) electrons. The highest BCUT2D eigenvalue weighted by Crippen LogP contribution is 2.43. The van der Waals surface area contributed by atoms with E-state index in [1.54, 1.807) is 84.9 Å². The van der Waals surface area contributed by atoms with Crippen molar-refractivity contribution in [3.63, 3.8) is 0 Å². The number of ether oxygens (including phenoxy) is 2. The van der Waals surface area contributed by atoms with Crippen LogP contribution in [0.3, 0.4) is 0 Å². The molecule has 19 heteroatoms. The van der Waals surface area contributed by atoms with Gasteiger partial charge in [0.05, 0.1) is 17.5 Å². The maximum atomic E-state index is 13.5. The van der Waals surface area contributed by atoms with Crippen LogP contribution < -0.4 is 29.6 Å². The van der Waals surface area contributed by atoms with Crippen molar-refractivity contribution < 1.29 is 53.5 Å². The Morgan fingerprint density at radius 1 is 0.738 bits per heavy atom. The maximum Gasteiger partial charge on any atom is 0.512 e. The Labute approximate surface area is 349 Å². The van der Waals surface area contributed by atoms with Gasteiger partial charge in [-0.15, -0.1) is 0 Å². The Hall–Kier alpha value is -6.44. The van der Waals surface area contributed by atoms with Gasteiger partial charge in [0, 0.05) is 57.8 Å². The molecular formula is C42H41F3N5O9S2+. The normalized spacial score (nSPS) is 12.5. The van der Waals surface area contributed by atoms with Crippen LogP contribution in [0.1, 0.15) is 13.8 Å². The molecule has 61 heavy (non-hydrogen) atoms. The van der Waals surface area contributed by atoms with Gasteiger partial charge in [0.1, 0.15) is 24.5 Å². The first-order valence-electron chi connectivity index (χ1n) is 18.9. The minimum absolute atomic E-state index is 0.0115. The van der Waals surface area contributed by atoms with Gasteiger partial charge < -0.3 is 18.8 Å². The average molecular weight is 881 g/mol. The quantitative estimate of drug-likeness (QED) is 0.0694. The smallest absolute Gasteiger partial charge is 0.456 e. The summed E-state index contributed by atoms with van der Waals surface area (Å²) in [6.45, 7) is 5.28. The molecule has 0 aromatic heterocycles. The van der Waals surface area contributed by atoms with Gasteiger partial charge in [-0.3, -0.25) is 10.6 Å². The van der Waals surface area contributed by atoms with Crippen LogP contribution >= 0.6 is 0 Å². The van der Waals surface area contributed by atoms with Gasteiger partial charge in [-0.1, -0.05) is 58.7 Å². The van der Waals surface area contributed by atoms with Crippen molar-refractivity contribution in [3.8, 4) is 22.5 Å². The van der Waals surface area contributed by atoms with E-state index in [9.17, 15) is 39.6 Å². The third kappa shape index (κ3) is 10.7. The van der Waals surface area contributed by atoms with Crippen LogP contribution in [0.2, 0.25) is 0 Å². The zero-order valence-corrected chi connectivity index (χ0v) is 34.4. The summed E-state index contributed by atoms with van der Waals surface area (Å²) >= 11 is 0. The van der Waals surface area contributed by atoms with Crippen LogP contribution in [0.4, 0.5) is 39.8 Å². The molecule has 2 aliphatic rings. The number of halogens is 3. The van der Waals surface area contributed by atoms with Gasteiger partial charge >= 0.3 is 27.7 Å². The van der Waals surface area contributed by atoms with E-state index in [1.165, 1.54) is 18.2 Å². The zero-order valence-electron chi connectivity index (χ0n) is 32.8. The second kappa shape index (κ2) is 18.9. The topological polar surface area (TPSA) is 176 Å². The van der Waals surface area contributed by atoms with Gasteiger partial charge in [-0.25, -0.2) is 31.0 Å². The van der Waals surface area contributed by atoms with Crippen molar-refractivity contribution in [2.75, 3.05) is 54.9 Å². The van der Waals surface area contributed by atoms with Crippen LogP contribution in [0.15, 0.2) is 131 Å². The van der Waals surface area contributed by atoms with E-state index in [1.807, 2.05) is 35.5 Å². The third-order valence-corrected chi connectivity index (χ3v) is 12.7. The molecule has 1 aliphatic heterocycles. The van der Waals surface area contributed by atoms with E-state index in [0.29, 0.717) is 46.5 Å². The number of fused-ring (bicyclic) bond motifs is 2. The van der Waals surface area contributed by atoms with Gasteiger partial charge in [-0.2, -0.15) is 13.2 Å². The first-order valence-corrected chi connectivity index (χ1v) is 21.8. The lowest BCUT2D eigenvalue weighted by molar-refractivity contribution is -0.0441. The Bertz CT molecular complexity index is 2790. The number of anilines is 3. The summed E-state index contributed by atoms with van der Waals surface area (Å²) in [5.74, 6) is 0.241. The van der Waals surface area contributed by atoms with Crippen molar-refractivity contribution in [1.82, 2.24) is 8.70 Å². The SMILES string of the molecule is CCN(CCOC(=O)Nc1ccccc1)c1ccc2c(-c3ccccc3S(=O)(=O)NS(=O)(=O)C(F)(F)F)c3cc/c(=[N+](/CC)CCOC(=O)Nc4ccccc4)cc-3oc2c1. The molecule has 1 heterocycles. The molecule has 0 bridgehead atoms. The van der Waals surface area contributed by atoms with Crippen LogP contribution in [-0.2, 0) is 29.5 Å². The standard InChI is InChI=1S/C42H40F3N5O9S2/c1-3-49(23-25-57-40(51)46-29-13-7-5-8-14-29)31-19-21-33-36(27-31)59-37-28-32(50(4-2)24-26-58-41(52)47-30-15-9-6-10-16-30)20-22-34(37)39(33)35-17-11-12-18-38(35)60(53,54)48-61(55,56)42(43,44)45/h5-22,27-28,48H,3-4,23-26H2,1-2H3,(H-,46,47,51,52)/p+1. The predicted octanol–water partition coefficient (Wildman–Crippen LogP) is 7.45. The van der Waals surface area contributed by atoms with E-state index in [2.05, 4.69) is 10.6 Å². The molecule has 2 amide bonds. The van der Waals surface area contributed by atoms with Gasteiger partial charge in [0.15, 0.2) is 13.2 Å². The molecular weight excluding hydrogens is 840 g/mol. The van der Waals surface area contributed by atoms with Crippen LogP contribution in [0.25, 0.3) is 33.4 Å². The minimum Gasteiger partial charge on any atom is -0.456 e. The fourth-order valence-corrected chi connectivity index (χ4v) is 9.09. The molecule has 320 valence electrons. The van der Waals surface area contributed by atoms with Crippen molar-refractivity contribution in [2.45, 2.75) is 24.3 Å². The molecule has 0 saturated heterocycles. The highest BCUT2D eigenvalue weighted by molar-refractivity contribution is 8.05. The number of hydrogen-bond donors (Lipinski definition) is 3. The monoisotopic (exact) mass is 880 g/mol. The van der Waals surface area contributed by atoms with Crippen LogP contribution in [0.5, 0.6) is 0 Å². The molecule has 14 nitrogen and oxygen atoms in total. The average Bonchev–Trinajstić information content (AvgIpc) is 3.22. The summed E-state index contributed by atoms with van der Waals surface area (Å²) in [6.07, 6.45) is -1.28. The molecule has 3 N–H and O–H groups in total. The lowest BCUT2D eigenvalue weighted by atomic mass is 9.93. The van der Waals surface area contributed by atoms with E-state index < -0.39 is 42.6 Å². The number of benzene rings is 5. The Balaban J connectivity index is 1.40. The predicted molar refractivity (Wildman–Crippen MR) is 225 cm³/mol. The van der Waals surface area contributed by atoms with E-state index in [4.69, 9.17) is 13.9 Å². The second-order valence-electron chi connectivity index (χ2n) is 13.3. The Kier molecular flexibility index (Phi) is 13.6. The summed E-state index contributed by atoms with van der Waals surface area (Å²) in [5, 5.41) is 6.29. The fourth-order valence-electron chi connectivity index (χ4n) is 6.48. The van der Waals surface area contributed by atoms with E-state index in [-0.39, 0.29) is 48.8 Å². The Morgan fingerprint density at radius 3 is 1.95 bits per heavy atom. The third-order valence-electron chi connectivity index (χ3n) is 9.38. The molecule has 0 spiro atoms. The van der Waals surface area contributed by atoms with Crippen LogP contribution in [0, 0.1) is 0 Å². The lowest BCUT2D eigenvalue weighted by Crippen LogP contribution is -2.40. The first kappa shape index (κ1) is 44.1. The molecule has 4 aromatic rings. The Morgan fingerprint density at radius 2 is 1.34 bits per heavy atom. The molecule has 4 aromatic carbocycles. The van der Waals surface area contributed by atoms with Crippen molar-refractivity contribution in [2.24, 2.45) is 0 Å². The van der Waals surface area contributed by atoms with Crippen molar-refractivity contribution in [3.05, 3.63) is 127 Å². The molecule has 0 unspecified atom stereocenters. The molecule has 1 aliphatic carbocycles. The van der Waals surface area contributed by atoms with E-state index in [0.717, 1.165) is 10.2 Å². The number of carbonyl (C=O) groups is 2. The van der Waals surface area contributed by atoms with Gasteiger partial charge in [0.25, 0.3) is 10.0 Å². The maximum absolute atomic E-state index is 13.5. The summed E-state index contributed by atoms with van der Waals surface area (Å²) in [5.41, 5.74) is -3.42. The lowest BCUT2D eigenvalue weighted by Gasteiger charge is -2.24. The van der Waals surface area contributed by atoms with Crippen LogP contribution in [-0.4, -0.2) is 73.9 Å². The molecule has 6 rings (SSSR count). The first-order chi connectivity index (χ1) is 29.1. The number of amides is 2. The van der Waals surface area contributed by atoms with E-state index >= 15 is 0 Å².